The van der Waals surface area contributed by atoms with Gasteiger partial charge in [0, 0.05) is 12.6 Å². The van der Waals surface area contributed by atoms with Gasteiger partial charge in [-0.25, -0.2) is 9.37 Å². The predicted molar refractivity (Wildman–Crippen MR) is 71.4 cm³/mol. The number of hydrogen-bond acceptors (Lipinski definition) is 4. The minimum absolute atomic E-state index is 0.311. The summed E-state index contributed by atoms with van der Waals surface area (Å²) in [5.74, 6) is 0.113. The average molecular weight is 257 g/mol. The second kappa shape index (κ2) is 4.31. The molecule has 0 aliphatic heterocycles. The van der Waals surface area contributed by atoms with E-state index in [0.29, 0.717) is 28.2 Å². The van der Waals surface area contributed by atoms with Crippen molar-refractivity contribution in [2.75, 3.05) is 12.4 Å². The van der Waals surface area contributed by atoms with Gasteiger partial charge in [0.2, 0.25) is 5.95 Å². The van der Waals surface area contributed by atoms with Gasteiger partial charge in [0.1, 0.15) is 5.82 Å². The molecule has 2 aromatic heterocycles. The Kier molecular flexibility index (Phi) is 2.63. The maximum atomic E-state index is 14.0. The first kappa shape index (κ1) is 11.6. The van der Waals surface area contributed by atoms with E-state index in [4.69, 9.17) is 0 Å². The second-order valence-corrected chi connectivity index (χ2v) is 4.26. The molecular formula is C13H12FN5. The molecule has 0 unspecified atom stereocenters. The SMILES string of the molecule is CNc1nc(-c2cc(C)ccc2F)c2cn[nH]c2n1. The van der Waals surface area contributed by atoms with E-state index in [1.165, 1.54) is 6.07 Å². The number of aromatic amines is 1. The molecule has 3 rings (SSSR count). The van der Waals surface area contributed by atoms with Crippen molar-refractivity contribution < 1.29 is 4.39 Å². The maximum absolute atomic E-state index is 14.0. The lowest BCUT2D eigenvalue weighted by molar-refractivity contribution is 0.630. The topological polar surface area (TPSA) is 66.5 Å². The van der Waals surface area contributed by atoms with E-state index in [1.807, 2.05) is 6.92 Å². The van der Waals surface area contributed by atoms with Crippen LogP contribution in [0.5, 0.6) is 0 Å². The molecule has 2 heterocycles. The fourth-order valence-corrected chi connectivity index (χ4v) is 1.97. The molecule has 0 spiro atoms. The predicted octanol–water partition coefficient (Wildman–Crippen LogP) is 2.51. The number of aromatic nitrogens is 4. The van der Waals surface area contributed by atoms with Crippen LogP contribution in [-0.4, -0.2) is 27.2 Å². The van der Waals surface area contributed by atoms with Crippen LogP contribution in [0.25, 0.3) is 22.3 Å². The van der Waals surface area contributed by atoms with Gasteiger partial charge >= 0.3 is 0 Å². The van der Waals surface area contributed by atoms with Crippen LogP contribution in [-0.2, 0) is 0 Å². The van der Waals surface area contributed by atoms with Crippen molar-refractivity contribution in [3.63, 3.8) is 0 Å². The number of nitrogens with one attached hydrogen (secondary N) is 2. The van der Waals surface area contributed by atoms with E-state index < -0.39 is 0 Å². The van der Waals surface area contributed by atoms with Crippen molar-refractivity contribution in [2.24, 2.45) is 0 Å². The molecule has 0 saturated heterocycles. The summed E-state index contributed by atoms with van der Waals surface area (Å²) in [5, 5.41) is 10.3. The van der Waals surface area contributed by atoms with Gasteiger partial charge in [-0.15, -0.1) is 0 Å². The zero-order chi connectivity index (χ0) is 13.4. The number of nitrogens with zero attached hydrogens (tertiary/aromatic N) is 3. The summed E-state index contributed by atoms with van der Waals surface area (Å²) in [6.45, 7) is 1.91. The third-order valence-electron chi connectivity index (χ3n) is 2.91. The number of halogens is 1. The van der Waals surface area contributed by atoms with Gasteiger partial charge < -0.3 is 5.32 Å². The van der Waals surface area contributed by atoms with E-state index in [2.05, 4.69) is 25.5 Å². The Hall–Kier alpha value is -2.50. The highest BCUT2D eigenvalue weighted by Gasteiger charge is 2.14. The first-order valence-electron chi connectivity index (χ1n) is 5.84. The monoisotopic (exact) mass is 257 g/mol. The summed E-state index contributed by atoms with van der Waals surface area (Å²) in [4.78, 5) is 8.57. The molecule has 2 N–H and O–H groups in total. The zero-order valence-corrected chi connectivity index (χ0v) is 10.5. The smallest absolute Gasteiger partial charge is 0.225 e. The molecule has 6 heteroatoms. The molecule has 0 bridgehead atoms. The lowest BCUT2D eigenvalue weighted by atomic mass is 10.1. The molecule has 0 atom stereocenters. The quantitative estimate of drug-likeness (QED) is 0.740. The second-order valence-electron chi connectivity index (χ2n) is 4.26. The lowest BCUT2D eigenvalue weighted by Gasteiger charge is -2.07. The van der Waals surface area contributed by atoms with Crippen LogP contribution in [0, 0.1) is 12.7 Å². The molecule has 5 nitrogen and oxygen atoms in total. The average Bonchev–Trinajstić information content (AvgIpc) is 2.88. The fraction of sp³-hybridized carbons (Fsp3) is 0.154. The van der Waals surface area contributed by atoms with Crippen molar-refractivity contribution in [3.05, 3.63) is 35.8 Å². The Labute approximate surface area is 108 Å². The van der Waals surface area contributed by atoms with Gasteiger partial charge in [-0.3, -0.25) is 5.10 Å². The number of aryl methyl sites for hydroxylation is 1. The van der Waals surface area contributed by atoms with Gasteiger partial charge in [0.25, 0.3) is 0 Å². The molecule has 0 aliphatic carbocycles. The molecule has 0 fully saturated rings. The van der Waals surface area contributed by atoms with E-state index in [-0.39, 0.29) is 5.82 Å². The summed E-state index contributed by atoms with van der Waals surface area (Å²) >= 11 is 0. The summed E-state index contributed by atoms with van der Waals surface area (Å²) in [6, 6.07) is 4.94. The van der Waals surface area contributed by atoms with Gasteiger partial charge in [-0.2, -0.15) is 10.1 Å². The van der Waals surface area contributed by atoms with E-state index in [9.17, 15) is 4.39 Å². The minimum atomic E-state index is -0.311. The number of H-pyrrole nitrogens is 1. The lowest BCUT2D eigenvalue weighted by Crippen LogP contribution is -1.99. The van der Waals surface area contributed by atoms with Crippen LogP contribution < -0.4 is 5.32 Å². The molecular weight excluding hydrogens is 245 g/mol. The van der Waals surface area contributed by atoms with Crippen molar-refractivity contribution in [2.45, 2.75) is 6.92 Å². The van der Waals surface area contributed by atoms with E-state index in [1.54, 1.807) is 25.4 Å². The Morgan fingerprint density at radius 3 is 2.89 bits per heavy atom. The van der Waals surface area contributed by atoms with Crippen LogP contribution in [0.15, 0.2) is 24.4 Å². The number of rotatable bonds is 2. The van der Waals surface area contributed by atoms with E-state index in [0.717, 1.165) is 5.56 Å². The van der Waals surface area contributed by atoms with Crippen molar-refractivity contribution in [1.82, 2.24) is 20.2 Å². The van der Waals surface area contributed by atoms with Crippen molar-refractivity contribution in [1.29, 1.82) is 0 Å². The summed E-state index contributed by atoms with van der Waals surface area (Å²) < 4.78 is 14.0. The van der Waals surface area contributed by atoms with Gasteiger partial charge in [-0.1, -0.05) is 11.6 Å². The third kappa shape index (κ3) is 1.91. The van der Waals surface area contributed by atoms with Gasteiger partial charge in [0.05, 0.1) is 17.3 Å². The minimum Gasteiger partial charge on any atom is -0.357 e. The number of anilines is 1. The van der Waals surface area contributed by atoms with Crippen LogP contribution >= 0.6 is 0 Å². The zero-order valence-electron chi connectivity index (χ0n) is 10.5. The van der Waals surface area contributed by atoms with Crippen LogP contribution in [0.4, 0.5) is 10.3 Å². The molecule has 0 saturated carbocycles. The number of hydrogen-bond donors (Lipinski definition) is 2. The summed E-state index contributed by atoms with van der Waals surface area (Å²) in [7, 11) is 1.72. The molecule has 0 amide bonds. The standard InChI is InChI=1S/C13H12FN5/c1-7-3-4-10(14)8(5-7)11-9-6-16-19-12(9)18-13(15-2)17-11/h3-6H,1-2H3,(H2,15,16,17,18,19). The maximum Gasteiger partial charge on any atom is 0.225 e. The Morgan fingerprint density at radius 1 is 1.26 bits per heavy atom. The van der Waals surface area contributed by atoms with Crippen LogP contribution in [0.3, 0.4) is 0 Å². The molecule has 0 radical (unpaired) electrons. The van der Waals surface area contributed by atoms with Crippen LogP contribution in [0.1, 0.15) is 5.56 Å². The molecule has 3 aromatic rings. The molecule has 0 aliphatic rings. The highest BCUT2D eigenvalue weighted by molar-refractivity contribution is 5.90. The van der Waals surface area contributed by atoms with Crippen molar-refractivity contribution in [3.8, 4) is 11.3 Å². The number of benzene rings is 1. The summed E-state index contributed by atoms with van der Waals surface area (Å²) in [5.41, 5.74) is 2.53. The molecule has 19 heavy (non-hydrogen) atoms. The normalized spacial score (nSPS) is 10.9. The number of fused-ring (bicyclic) bond motifs is 1. The highest BCUT2D eigenvalue weighted by Crippen LogP contribution is 2.28. The summed E-state index contributed by atoms with van der Waals surface area (Å²) in [6.07, 6.45) is 1.60. The van der Waals surface area contributed by atoms with Crippen LogP contribution in [0.2, 0.25) is 0 Å². The van der Waals surface area contributed by atoms with E-state index >= 15 is 0 Å². The van der Waals surface area contributed by atoms with Gasteiger partial charge in [-0.05, 0) is 19.1 Å². The first-order chi connectivity index (χ1) is 9.19. The van der Waals surface area contributed by atoms with Gasteiger partial charge in [0.15, 0.2) is 5.65 Å². The Morgan fingerprint density at radius 2 is 2.11 bits per heavy atom. The Bertz CT molecular complexity index is 750. The largest absolute Gasteiger partial charge is 0.357 e. The highest BCUT2D eigenvalue weighted by atomic mass is 19.1. The van der Waals surface area contributed by atoms with Crippen molar-refractivity contribution >= 4 is 17.0 Å². The Balaban J connectivity index is 2.34. The fourth-order valence-electron chi connectivity index (χ4n) is 1.97. The molecule has 96 valence electrons. The first-order valence-corrected chi connectivity index (χ1v) is 5.84. The molecule has 1 aromatic carbocycles. The third-order valence-corrected chi connectivity index (χ3v) is 2.91.